The molecule has 2 N–H and O–H groups in total. The highest BCUT2D eigenvalue weighted by Crippen LogP contribution is 2.41. The number of ether oxygens (including phenoxy) is 4. The van der Waals surface area contributed by atoms with E-state index in [-0.39, 0.29) is 11.8 Å². The minimum Gasteiger partial charge on any atom is -0.493 e. The summed E-state index contributed by atoms with van der Waals surface area (Å²) in [5.74, 6) is 1.25. The van der Waals surface area contributed by atoms with E-state index in [9.17, 15) is 9.90 Å². The molecule has 1 aromatic rings. The number of β-amino-alcohol motifs (C(OH)–C–C–N with tert-alkyl or cyclic N) is 1. The van der Waals surface area contributed by atoms with Crippen molar-refractivity contribution in [2.24, 2.45) is 5.92 Å². The van der Waals surface area contributed by atoms with Gasteiger partial charge in [0.2, 0.25) is 5.75 Å². The van der Waals surface area contributed by atoms with Crippen LogP contribution in [0.3, 0.4) is 0 Å². The van der Waals surface area contributed by atoms with E-state index in [2.05, 4.69) is 10.2 Å². The zero-order valence-electron chi connectivity index (χ0n) is 17.3. The maximum atomic E-state index is 12.8. The van der Waals surface area contributed by atoms with Crippen molar-refractivity contribution < 1.29 is 28.8 Å². The van der Waals surface area contributed by atoms with Gasteiger partial charge in [0.05, 0.1) is 32.0 Å². The smallest absolute Gasteiger partial charge is 0.255 e. The molecule has 1 amide bonds. The van der Waals surface area contributed by atoms with Crippen molar-refractivity contribution in [3.8, 4) is 17.2 Å². The number of aliphatic hydroxyl groups excluding tert-OH is 1. The Hall–Kier alpha value is -2.03. The SMILES string of the molecule is COCCCN1CC[C@@H](CNC(=O)c2ccc(OC)c3c2OCCCO3)C(O)C1. The number of nitrogens with one attached hydrogen (secondary N) is 1. The number of methoxy groups -OCH3 is 2. The molecular weight excluding hydrogens is 376 g/mol. The second-order valence-electron chi connectivity index (χ2n) is 7.50. The van der Waals surface area contributed by atoms with Gasteiger partial charge in [-0.25, -0.2) is 0 Å². The molecule has 8 heteroatoms. The van der Waals surface area contributed by atoms with Crippen LogP contribution >= 0.6 is 0 Å². The number of rotatable bonds is 8. The zero-order chi connectivity index (χ0) is 20.6. The summed E-state index contributed by atoms with van der Waals surface area (Å²) in [4.78, 5) is 15.1. The van der Waals surface area contributed by atoms with Crippen LogP contribution in [0.25, 0.3) is 0 Å². The maximum absolute atomic E-state index is 12.8. The summed E-state index contributed by atoms with van der Waals surface area (Å²) >= 11 is 0. The van der Waals surface area contributed by atoms with Gasteiger partial charge in [-0.2, -0.15) is 0 Å². The van der Waals surface area contributed by atoms with Gasteiger partial charge < -0.3 is 34.3 Å². The molecular formula is C21H32N2O6. The Morgan fingerprint density at radius 2 is 2.07 bits per heavy atom. The summed E-state index contributed by atoms with van der Waals surface area (Å²) in [5.41, 5.74) is 0.425. The molecule has 2 aliphatic heterocycles. The monoisotopic (exact) mass is 408 g/mol. The lowest BCUT2D eigenvalue weighted by Crippen LogP contribution is -2.48. The molecule has 0 aliphatic carbocycles. The molecule has 1 unspecified atom stereocenters. The third kappa shape index (κ3) is 5.52. The fraction of sp³-hybridized carbons (Fsp3) is 0.667. The van der Waals surface area contributed by atoms with Crippen LogP contribution in [0.15, 0.2) is 12.1 Å². The van der Waals surface area contributed by atoms with Crippen LogP contribution in [0.4, 0.5) is 0 Å². The third-order valence-corrected chi connectivity index (χ3v) is 5.48. The van der Waals surface area contributed by atoms with Crippen LogP contribution in [0.5, 0.6) is 17.2 Å². The number of carbonyl (C=O) groups excluding carboxylic acids is 1. The normalized spacial score (nSPS) is 22.0. The molecule has 2 heterocycles. The van der Waals surface area contributed by atoms with Gasteiger partial charge >= 0.3 is 0 Å². The predicted octanol–water partition coefficient (Wildman–Crippen LogP) is 1.31. The van der Waals surface area contributed by atoms with Crippen LogP contribution in [0, 0.1) is 5.92 Å². The summed E-state index contributed by atoms with van der Waals surface area (Å²) in [6, 6.07) is 3.41. The van der Waals surface area contributed by atoms with Crippen LogP contribution in [-0.4, -0.2) is 82.2 Å². The first-order valence-electron chi connectivity index (χ1n) is 10.3. The molecule has 2 aliphatic rings. The number of hydrogen-bond acceptors (Lipinski definition) is 7. The first kappa shape index (κ1) is 21.7. The molecule has 0 bridgehead atoms. The maximum Gasteiger partial charge on any atom is 0.255 e. The lowest BCUT2D eigenvalue weighted by atomic mass is 9.93. The Morgan fingerprint density at radius 1 is 1.28 bits per heavy atom. The van der Waals surface area contributed by atoms with Crippen LogP contribution in [0.2, 0.25) is 0 Å². The minimum atomic E-state index is -0.459. The molecule has 1 aromatic carbocycles. The first-order valence-corrected chi connectivity index (χ1v) is 10.3. The van der Waals surface area contributed by atoms with E-state index >= 15 is 0 Å². The fourth-order valence-corrected chi connectivity index (χ4v) is 3.81. The molecule has 0 radical (unpaired) electrons. The summed E-state index contributed by atoms with van der Waals surface area (Å²) in [5, 5.41) is 13.5. The highest BCUT2D eigenvalue weighted by atomic mass is 16.5. The molecule has 2 atom stereocenters. The van der Waals surface area contributed by atoms with E-state index in [1.807, 2.05) is 0 Å². The van der Waals surface area contributed by atoms with Crippen molar-refractivity contribution in [1.29, 1.82) is 0 Å². The average molecular weight is 408 g/mol. The van der Waals surface area contributed by atoms with Crippen molar-refractivity contribution in [2.75, 3.05) is 60.2 Å². The summed E-state index contributed by atoms with van der Waals surface area (Å²) in [6.45, 7) is 4.61. The van der Waals surface area contributed by atoms with Crippen molar-refractivity contribution in [2.45, 2.75) is 25.4 Å². The van der Waals surface area contributed by atoms with E-state index in [0.717, 1.165) is 39.0 Å². The van der Waals surface area contributed by atoms with Crippen molar-refractivity contribution in [1.82, 2.24) is 10.2 Å². The second kappa shape index (κ2) is 10.7. The van der Waals surface area contributed by atoms with Gasteiger partial charge in [0.1, 0.15) is 0 Å². The topological polar surface area (TPSA) is 89.5 Å². The van der Waals surface area contributed by atoms with Gasteiger partial charge in [-0.05, 0) is 31.5 Å². The number of fused-ring (bicyclic) bond motifs is 1. The number of carbonyl (C=O) groups is 1. The molecule has 1 saturated heterocycles. The third-order valence-electron chi connectivity index (χ3n) is 5.48. The average Bonchev–Trinajstić information content (AvgIpc) is 2.98. The van der Waals surface area contributed by atoms with E-state index in [4.69, 9.17) is 18.9 Å². The number of likely N-dealkylation sites (tertiary alicyclic amines) is 1. The molecule has 8 nitrogen and oxygen atoms in total. The number of aliphatic hydroxyl groups is 1. The number of benzene rings is 1. The number of nitrogens with zero attached hydrogens (tertiary/aromatic N) is 1. The lowest BCUT2D eigenvalue weighted by Gasteiger charge is -2.36. The van der Waals surface area contributed by atoms with Crippen molar-refractivity contribution in [3.05, 3.63) is 17.7 Å². The summed E-state index contributed by atoms with van der Waals surface area (Å²) < 4.78 is 21.9. The highest BCUT2D eigenvalue weighted by Gasteiger charge is 2.29. The van der Waals surface area contributed by atoms with Crippen LogP contribution in [0.1, 0.15) is 29.6 Å². The molecule has 1 fully saturated rings. The largest absolute Gasteiger partial charge is 0.493 e. The molecule has 0 spiro atoms. The van der Waals surface area contributed by atoms with Crippen LogP contribution in [-0.2, 0) is 4.74 Å². The lowest BCUT2D eigenvalue weighted by molar-refractivity contribution is 0.0192. The van der Waals surface area contributed by atoms with E-state index < -0.39 is 6.10 Å². The minimum absolute atomic E-state index is 0.0339. The second-order valence-corrected chi connectivity index (χ2v) is 7.50. The predicted molar refractivity (Wildman–Crippen MR) is 108 cm³/mol. The Morgan fingerprint density at radius 3 is 2.79 bits per heavy atom. The standard InChI is InChI=1S/C21H32N2O6/c1-26-10-3-8-23-9-7-15(17(24)14-23)13-22-21(25)16-5-6-18(27-2)20-19(16)28-11-4-12-29-20/h5-6,15,17,24H,3-4,7-14H2,1-2H3,(H,22,25)/t15-,17?/m0/s1. The van der Waals surface area contributed by atoms with Crippen LogP contribution < -0.4 is 19.5 Å². The Balaban J connectivity index is 1.57. The Kier molecular flexibility index (Phi) is 7.97. The molecule has 0 saturated carbocycles. The quantitative estimate of drug-likeness (QED) is 0.627. The number of piperidine rings is 1. The van der Waals surface area contributed by atoms with Gasteiger partial charge in [-0.15, -0.1) is 0 Å². The fourth-order valence-electron chi connectivity index (χ4n) is 3.81. The van der Waals surface area contributed by atoms with Gasteiger partial charge in [-0.3, -0.25) is 4.79 Å². The van der Waals surface area contributed by atoms with Crippen molar-refractivity contribution >= 4 is 5.91 Å². The molecule has 162 valence electrons. The Labute approximate surface area is 172 Å². The van der Waals surface area contributed by atoms with E-state index in [0.29, 0.717) is 49.1 Å². The number of hydrogen-bond donors (Lipinski definition) is 2. The summed E-state index contributed by atoms with van der Waals surface area (Å²) in [7, 11) is 3.26. The molecule has 0 aromatic heterocycles. The molecule has 3 rings (SSSR count). The Bertz CT molecular complexity index is 683. The first-order chi connectivity index (χ1) is 14.1. The van der Waals surface area contributed by atoms with Crippen molar-refractivity contribution in [3.63, 3.8) is 0 Å². The van der Waals surface area contributed by atoms with Gasteiger partial charge in [-0.1, -0.05) is 0 Å². The van der Waals surface area contributed by atoms with E-state index in [1.165, 1.54) is 0 Å². The van der Waals surface area contributed by atoms with E-state index in [1.54, 1.807) is 26.4 Å². The molecule has 29 heavy (non-hydrogen) atoms. The van der Waals surface area contributed by atoms with Gasteiger partial charge in [0.15, 0.2) is 11.5 Å². The number of amides is 1. The zero-order valence-corrected chi connectivity index (χ0v) is 17.3. The highest BCUT2D eigenvalue weighted by molar-refractivity contribution is 5.98. The van der Waals surface area contributed by atoms with Gasteiger partial charge in [0.25, 0.3) is 5.91 Å². The van der Waals surface area contributed by atoms with Gasteiger partial charge in [0, 0.05) is 45.7 Å². The summed E-state index contributed by atoms with van der Waals surface area (Å²) in [6.07, 6.45) is 2.08.